The standard InChI is InChI=1S/C20H16Cl3NO/c21-16-8-6-14(7-9-16)13-25-20-15(10-17(22)11-19(20)23)12-24-18-4-2-1-3-5-18/h1-11,24H,12-13H2. The molecule has 25 heavy (non-hydrogen) atoms. The van der Waals surface area contributed by atoms with Gasteiger partial charge in [0.1, 0.15) is 12.4 Å². The fraction of sp³-hybridized carbons (Fsp3) is 0.100. The Morgan fingerprint density at radius 3 is 2.24 bits per heavy atom. The number of anilines is 1. The predicted octanol–water partition coefficient (Wildman–Crippen LogP) is 6.84. The quantitative estimate of drug-likeness (QED) is 0.496. The van der Waals surface area contributed by atoms with E-state index in [1.165, 1.54) is 0 Å². The number of hydrogen-bond acceptors (Lipinski definition) is 2. The molecule has 0 saturated carbocycles. The van der Waals surface area contributed by atoms with Crippen LogP contribution in [-0.2, 0) is 13.2 Å². The van der Waals surface area contributed by atoms with Gasteiger partial charge in [-0.2, -0.15) is 0 Å². The SMILES string of the molecule is Clc1ccc(COc2c(Cl)cc(Cl)cc2CNc2ccccc2)cc1. The third-order valence-electron chi connectivity index (χ3n) is 3.64. The first-order chi connectivity index (χ1) is 12.1. The van der Waals surface area contributed by atoms with Gasteiger partial charge in [-0.3, -0.25) is 0 Å². The van der Waals surface area contributed by atoms with E-state index in [0.29, 0.717) is 34.0 Å². The summed E-state index contributed by atoms with van der Waals surface area (Å²) in [7, 11) is 0. The number of halogens is 3. The second-order valence-electron chi connectivity index (χ2n) is 5.51. The number of nitrogens with one attached hydrogen (secondary N) is 1. The highest BCUT2D eigenvalue weighted by Crippen LogP contribution is 2.33. The van der Waals surface area contributed by atoms with Gasteiger partial charge >= 0.3 is 0 Å². The second-order valence-corrected chi connectivity index (χ2v) is 6.79. The van der Waals surface area contributed by atoms with E-state index in [-0.39, 0.29) is 0 Å². The van der Waals surface area contributed by atoms with E-state index in [1.54, 1.807) is 6.07 Å². The largest absolute Gasteiger partial charge is 0.487 e. The molecule has 0 aliphatic carbocycles. The molecule has 1 N–H and O–H groups in total. The van der Waals surface area contributed by atoms with Gasteiger partial charge in [-0.1, -0.05) is 65.1 Å². The van der Waals surface area contributed by atoms with E-state index in [4.69, 9.17) is 39.5 Å². The molecule has 0 spiro atoms. The topological polar surface area (TPSA) is 21.3 Å². The summed E-state index contributed by atoms with van der Waals surface area (Å²) in [6.45, 7) is 0.955. The molecular formula is C20H16Cl3NO. The Morgan fingerprint density at radius 2 is 1.52 bits per heavy atom. The third-order valence-corrected chi connectivity index (χ3v) is 4.39. The maximum atomic E-state index is 6.35. The van der Waals surface area contributed by atoms with Crippen LogP contribution in [0.3, 0.4) is 0 Å². The lowest BCUT2D eigenvalue weighted by Gasteiger charge is -2.15. The van der Waals surface area contributed by atoms with Gasteiger partial charge in [0.2, 0.25) is 0 Å². The minimum atomic E-state index is 0.400. The molecule has 0 aromatic heterocycles. The minimum absolute atomic E-state index is 0.400. The molecule has 0 bridgehead atoms. The summed E-state index contributed by atoms with van der Waals surface area (Å²) >= 11 is 18.4. The smallest absolute Gasteiger partial charge is 0.143 e. The first kappa shape index (κ1) is 17.9. The summed E-state index contributed by atoms with van der Waals surface area (Å²) in [6.07, 6.45) is 0. The fourth-order valence-corrected chi connectivity index (χ4v) is 3.11. The van der Waals surface area contributed by atoms with Gasteiger partial charge in [0.25, 0.3) is 0 Å². The van der Waals surface area contributed by atoms with E-state index in [2.05, 4.69) is 5.32 Å². The zero-order valence-corrected chi connectivity index (χ0v) is 15.6. The summed E-state index contributed by atoms with van der Waals surface area (Å²) in [5, 5.41) is 5.11. The van der Waals surface area contributed by atoms with Crippen molar-refractivity contribution >= 4 is 40.5 Å². The molecule has 3 aromatic carbocycles. The molecule has 3 aromatic rings. The van der Waals surface area contributed by atoms with Crippen molar-refractivity contribution in [1.82, 2.24) is 0 Å². The van der Waals surface area contributed by atoms with Gasteiger partial charge < -0.3 is 10.1 Å². The van der Waals surface area contributed by atoms with Crippen molar-refractivity contribution in [1.29, 1.82) is 0 Å². The summed E-state index contributed by atoms with van der Waals surface area (Å²) in [5.41, 5.74) is 2.93. The lowest BCUT2D eigenvalue weighted by atomic mass is 10.2. The Morgan fingerprint density at radius 1 is 0.800 bits per heavy atom. The Kier molecular flexibility index (Phi) is 6.09. The Hall–Kier alpha value is -1.87. The summed E-state index contributed by atoms with van der Waals surface area (Å²) in [5.74, 6) is 0.629. The van der Waals surface area contributed by atoms with Gasteiger partial charge in [-0.15, -0.1) is 0 Å². The van der Waals surface area contributed by atoms with Gasteiger partial charge in [-0.05, 0) is 42.0 Å². The fourth-order valence-electron chi connectivity index (χ4n) is 2.40. The number of hydrogen-bond donors (Lipinski definition) is 1. The van der Waals surface area contributed by atoms with Crippen molar-refractivity contribution in [2.75, 3.05) is 5.32 Å². The molecular weight excluding hydrogens is 377 g/mol. The second kappa shape index (κ2) is 8.48. The predicted molar refractivity (Wildman–Crippen MR) is 106 cm³/mol. The normalized spacial score (nSPS) is 10.5. The lowest BCUT2D eigenvalue weighted by Crippen LogP contribution is -2.04. The maximum absolute atomic E-state index is 6.35. The molecule has 128 valence electrons. The van der Waals surface area contributed by atoms with Gasteiger partial charge in [0, 0.05) is 27.8 Å². The van der Waals surface area contributed by atoms with Crippen molar-refractivity contribution in [3.8, 4) is 5.75 Å². The third kappa shape index (κ3) is 5.05. The van der Waals surface area contributed by atoms with E-state index in [1.807, 2.05) is 60.7 Å². The molecule has 0 atom stereocenters. The molecule has 0 fully saturated rings. The van der Waals surface area contributed by atoms with Gasteiger partial charge in [0.05, 0.1) is 5.02 Å². The number of rotatable bonds is 6. The minimum Gasteiger partial charge on any atom is -0.487 e. The molecule has 5 heteroatoms. The first-order valence-electron chi connectivity index (χ1n) is 7.76. The van der Waals surface area contributed by atoms with Crippen molar-refractivity contribution in [3.05, 3.63) is 92.9 Å². The van der Waals surface area contributed by atoms with Crippen molar-refractivity contribution in [3.63, 3.8) is 0 Å². The molecule has 3 rings (SSSR count). The van der Waals surface area contributed by atoms with Crippen LogP contribution in [0.15, 0.2) is 66.7 Å². The van der Waals surface area contributed by atoms with E-state index >= 15 is 0 Å². The van der Waals surface area contributed by atoms with Crippen LogP contribution in [-0.4, -0.2) is 0 Å². The molecule has 0 amide bonds. The molecule has 2 nitrogen and oxygen atoms in total. The average Bonchev–Trinajstić information content (AvgIpc) is 2.61. The van der Waals surface area contributed by atoms with Crippen LogP contribution in [0, 0.1) is 0 Å². The average molecular weight is 393 g/mol. The molecule has 0 unspecified atom stereocenters. The highest BCUT2D eigenvalue weighted by Gasteiger charge is 2.11. The Labute approximate surface area is 162 Å². The maximum Gasteiger partial charge on any atom is 0.143 e. The number of para-hydroxylation sites is 1. The molecule has 0 aliphatic heterocycles. The first-order valence-corrected chi connectivity index (χ1v) is 8.89. The highest BCUT2D eigenvalue weighted by atomic mass is 35.5. The van der Waals surface area contributed by atoms with Crippen LogP contribution in [0.25, 0.3) is 0 Å². The van der Waals surface area contributed by atoms with E-state index in [0.717, 1.165) is 16.8 Å². The van der Waals surface area contributed by atoms with Crippen LogP contribution in [0.5, 0.6) is 5.75 Å². The van der Waals surface area contributed by atoms with E-state index < -0.39 is 0 Å². The summed E-state index contributed by atoms with van der Waals surface area (Å²) in [4.78, 5) is 0. The van der Waals surface area contributed by atoms with Crippen LogP contribution < -0.4 is 10.1 Å². The summed E-state index contributed by atoms with van der Waals surface area (Å²) in [6, 6.07) is 21.0. The van der Waals surface area contributed by atoms with Crippen molar-refractivity contribution < 1.29 is 4.74 Å². The summed E-state index contributed by atoms with van der Waals surface area (Å²) < 4.78 is 5.96. The lowest BCUT2D eigenvalue weighted by molar-refractivity contribution is 0.303. The Balaban J connectivity index is 1.76. The number of benzene rings is 3. The van der Waals surface area contributed by atoms with Crippen molar-refractivity contribution in [2.24, 2.45) is 0 Å². The van der Waals surface area contributed by atoms with Crippen LogP contribution in [0.2, 0.25) is 15.1 Å². The molecule has 0 heterocycles. The Bertz CT molecular complexity index is 836. The van der Waals surface area contributed by atoms with Gasteiger partial charge in [0.15, 0.2) is 0 Å². The number of ether oxygens (including phenoxy) is 1. The zero-order chi connectivity index (χ0) is 17.6. The van der Waals surface area contributed by atoms with Crippen LogP contribution in [0.1, 0.15) is 11.1 Å². The molecule has 0 saturated heterocycles. The van der Waals surface area contributed by atoms with Crippen LogP contribution in [0.4, 0.5) is 5.69 Å². The molecule has 0 radical (unpaired) electrons. The highest BCUT2D eigenvalue weighted by molar-refractivity contribution is 6.35. The molecule has 0 aliphatic rings. The van der Waals surface area contributed by atoms with Crippen LogP contribution >= 0.6 is 34.8 Å². The van der Waals surface area contributed by atoms with Gasteiger partial charge in [-0.25, -0.2) is 0 Å². The van der Waals surface area contributed by atoms with E-state index in [9.17, 15) is 0 Å². The van der Waals surface area contributed by atoms with Crippen molar-refractivity contribution in [2.45, 2.75) is 13.2 Å². The zero-order valence-electron chi connectivity index (χ0n) is 13.3. The monoisotopic (exact) mass is 391 g/mol.